The first kappa shape index (κ1) is 15.0. The Kier molecular flexibility index (Phi) is 5.46. The minimum absolute atomic E-state index is 0.364. The predicted molar refractivity (Wildman–Crippen MR) is 76.4 cm³/mol. The summed E-state index contributed by atoms with van der Waals surface area (Å²) in [6, 6.07) is 2.09. The fourth-order valence-corrected chi connectivity index (χ4v) is 2.90. The van der Waals surface area contributed by atoms with Crippen LogP contribution < -0.4 is 5.32 Å². The van der Waals surface area contributed by atoms with Crippen LogP contribution in [0.15, 0.2) is 0 Å². The summed E-state index contributed by atoms with van der Waals surface area (Å²) in [7, 11) is 0. The molecular weight excluding hydrogens is 208 g/mol. The Morgan fingerprint density at radius 1 is 1.29 bits per heavy atom. The van der Waals surface area contributed by atoms with Crippen molar-refractivity contribution in [2.75, 3.05) is 13.1 Å². The Bertz CT molecular complexity index is 219. The molecule has 0 aromatic rings. The topological polar surface area (TPSA) is 15.3 Å². The average molecular weight is 240 g/mol. The zero-order valence-electron chi connectivity index (χ0n) is 12.7. The highest BCUT2D eigenvalue weighted by atomic mass is 15.3. The molecule has 2 heteroatoms. The zero-order chi connectivity index (χ0) is 13.1. The molecule has 1 N–H and O–H groups in total. The van der Waals surface area contributed by atoms with Crippen molar-refractivity contribution in [3.05, 3.63) is 0 Å². The van der Waals surface area contributed by atoms with Gasteiger partial charge >= 0.3 is 0 Å². The van der Waals surface area contributed by atoms with E-state index in [1.165, 1.54) is 25.8 Å². The molecular formula is C15H32N2. The first-order chi connectivity index (χ1) is 7.90. The Labute approximate surface area is 108 Å². The van der Waals surface area contributed by atoms with E-state index in [0.29, 0.717) is 11.5 Å². The van der Waals surface area contributed by atoms with E-state index in [9.17, 15) is 0 Å². The Balaban J connectivity index is 2.68. The minimum Gasteiger partial charge on any atom is -0.311 e. The number of rotatable bonds is 4. The van der Waals surface area contributed by atoms with Crippen LogP contribution in [0, 0.1) is 5.41 Å². The smallest absolute Gasteiger partial charge is 0.0244 e. The summed E-state index contributed by atoms with van der Waals surface area (Å²) in [6.07, 6.45) is 3.88. The molecule has 0 spiro atoms. The SMILES string of the molecule is CCCC(C)N1CC(C(C)(C)C)NCC1CC. The summed E-state index contributed by atoms with van der Waals surface area (Å²) in [5.41, 5.74) is 0.364. The van der Waals surface area contributed by atoms with Crippen molar-refractivity contribution in [1.82, 2.24) is 10.2 Å². The number of hydrogen-bond acceptors (Lipinski definition) is 2. The van der Waals surface area contributed by atoms with Gasteiger partial charge in [-0.3, -0.25) is 4.90 Å². The molecule has 1 heterocycles. The maximum atomic E-state index is 3.75. The third-order valence-electron chi connectivity index (χ3n) is 4.25. The largest absolute Gasteiger partial charge is 0.311 e. The number of piperazine rings is 1. The molecule has 0 aliphatic carbocycles. The molecule has 0 radical (unpaired) electrons. The molecule has 0 aromatic carbocycles. The molecule has 1 saturated heterocycles. The molecule has 0 amide bonds. The van der Waals surface area contributed by atoms with Gasteiger partial charge in [-0.2, -0.15) is 0 Å². The van der Waals surface area contributed by atoms with Crippen molar-refractivity contribution in [1.29, 1.82) is 0 Å². The second-order valence-electron chi connectivity index (χ2n) is 6.72. The van der Waals surface area contributed by atoms with Gasteiger partial charge < -0.3 is 5.32 Å². The van der Waals surface area contributed by atoms with E-state index in [1.54, 1.807) is 0 Å². The van der Waals surface area contributed by atoms with Crippen molar-refractivity contribution in [3.63, 3.8) is 0 Å². The molecule has 102 valence electrons. The highest BCUT2D eigenvalue weighted by Gasteiger charge is 2.34. The predicted octanol–water partition coefficient (Wildman–Crippen LogP) is 3.27. The van der Waals surface area contributed by atoms with E-state index < -0.39 is 0 Å². The molecule has 0 saturated carbocycles. The lowest BCUT2D eigenvalue weighted by molar-refractivity contribution is 0.0503. The van der Waals surface area contributed by atoms with Gasteiger partial charge in [-0.05, 0) is 25.2 Å². The maximum absolute atomic E-state index is 3.75. The van der Waals surface area contributed by atoms with E-state index in [-0.39, 0.29) is 0 Å². The van der Waals surface area contributed by atoms with Gasteiger partial charge in [-0.1, -0.05) is 41.0 Å². The molecule has 17 heavy (non-hydrogen) atoms. The number of hydrogen-bond donors (Lipinski definition) is 1. The fourth-order valence-electron chi connectivity index (χ4n) is 2.90. The molecule has 1 aliphatic rings. The summed E-state index contributed by atoms with van der Waals surface area (Å²) in [5.74, 6) is 0. The lowest BCUT2D eigenvalue weighted by Crippen LogP contribution is -2.62. The lowest BCUT2D eigenvalue weighted by atomic mass is 9.84. The molecule has 0 bridgehead atoms. The van der Waals surface area contributed by atoms with Crippen molar-refractivity contribution in [2.24, 2.45) is 5.41 Å². The van der Waals surface area contributed by atoms with Crippen molar-refractivity contribution >= 4 is 0 Å². The van der Waals surface area contributed by atoms with Crippen molar-refractivity contribution in [2.45, 2.75) is 78.9 Å². The van der Waals surface area contributed by atoms with Crippen molar-refractivity contribution < 1.29 is 0 Å². The van der Waals surface area contributed by atoms with Gasteiger partial charge in [0.2, 0.25) is 0 Å². The normalized spacial score (nSPS) is 29.3. The van der Waals surface area contributed by atoms with Crippen molar-refractivity contribution in [3.8, 4) is 0 Å². The van der Waals surface area contributed by atoms with Gasteiger partial charge in [0.05, 0.1) is 0 Å². The molecule has 1 fully saturated rings. The summed E-state index contributed by atoms with van der Waals surface area (Å²) < 4.78 is 0. The van der Waals surface area contributed by atoms with Gasteiger partial charge in [0.15, 0.2) is 0 Å². The second kappa shape index (κ2) is 6.19. The van der Waals surface area contributed by atoms with E-state index in [0.717, 1.165) is 18.6 Å². The van der Waals surface area contributed by atoms with Gasteiger partial charge in [0.1, 0.15) is 0 Å². The molecule has 2 nitrogen and oxygen atoms in total. The third-order valence-corrected chi connectivity index (χ3v) is 4.25. The molecule has 1 rings (SSSR count). The second-order valence-corrected chi connectivity index (χ2v) is 6.72. The lowest BCUT2D eigenvalue weighted by Gasteiger charge is -2.47. The van der Waals surface area contributed by atoms with E-state index >= 15 is 0 Å². The Morgan fingerprint density at radius 3 is 2.41 bits per heavy atom. The minimum atomic E-state index is 0.364. The van der Waals surface area contributed by atoms with Crippen LogP contribution in [0.4, 0.5) is 0 Å². The quantitative estimate of drug-likeness (QED) is 0.811. The standard InChI is InChI=1S/C15H32N2/c1-7-9-12(3)17-11-14(15(4,5)6)16-10-13(17)8-2/h12-14,16H,7-11H2,1-6H3. The van der Waals surface area contributed by atoms with Crippen LogP contribution in [0.3, 0.4) is 0 Å². The fraction of sp³-hybridized carbons (Fsp3) is 1.00. The number of nitrogens with zero attached hydrogens (tertiary/aromatic N) is 1. The van der Waals surface area contributed by atoms with Gasteiger partial charge in [0, 0.05) is 31.2 Å². The molecule has 3 atom stereocenters. The first-order valence-electron chi connectivity index (χ1n) is 7.39. The molecule has 0 aromatic heterocycles. The van der Waals surface area contributed by atoms with Crippen LogP contribution in [0.25, 0.3) is 0 Å². The first-order valence-corrected chi connectivity index (χ1v) is 7.39. The summed E-state index contributed by atoms with van der Waals surface area (Å²) in [6.45, 7) is 16.4. The average Bonchev–Trinajstić information content (AvgIpc) is 2.27. The van der Waals surface area contributed by atoms with Crippen LogP contribution >= 0.6 is 0 Å². The monoisotopic (exact) mass is 240 g/mol. The summed E-state index contributed by atoms with van der Waals surface area (Å²) in [5, 5.41) is 3.75. The maximum Gasteiger partial charge on any atom is 0.0244 e. The summed E-state index contributed by atoms with van der Waals surface area (Å²) in [4.78, 5) is 2.75. The third kappa shape index (κ3) is 3.96. The van der Waals surface area contributed by atoms with Crippen LogP contribution in [-0.2, 0) is 0 Å². The van der Waals surface area contributed by atoms with E-state index in [2.05, 4.69) is 51.8 Å². The zero-order valence-corrected chi connectivity index (χ0v) is 12.7. The van der Waals surface area contributed by atoms with Crippen LogP contribution in [0.2, 0.25) is 0 Å². The summed E-state index contributed by atoms with van der Waals surface area (Å²) >= 11 is 0. The molecule has 1 aliphatic heterocycles. The number of nitrogens with one attached hydrogen (secondary N) is 1. The van der Waals surface area contributed by atoms with Gasteiger partial charge in [-0.15, -0.1) is 0 Å². The van der Waals surface area contributed by atoms with Gasteiger partial charge in [-0.25, -0.2) is 0 Å². The van der Waals surface area contributed by atoms with E-state index in [4.69, 9.17) is 0 Å². The van der Waals surface area contributed by atoms with Crippen LogP contribution in [0.1, 0.15) is 60.8 Å². The van der Waals surface area contributed by atoms with Crippen LogP contribution in [-0.4, -0.2) is 36.1 Å². The highest BCUT2D eigenvalue weighted by molar-refractivity contribution is 4.93. The highest BCUT2D eigenvalue weighted by Crippen LogP contribution is 2.26. The van der Waals surface area contributed by atoms with Gasteiger partial charge in [0.25, 0.3) is 0 Å². The Morgan fingerprint density at radius 2 is 1.94 bits per heavy atom. The van der Waals surface area contributed by atoms with E-state index in [1.807, 2.05) is 0 Å². The van der Waals surface area contributed by atoms with Crippen LogP contribution in [0.5, 0.6) is 0 Å². The Hall–Kier alpha value is -0.0800. The molecule has 3 unspecified atom stereocenters.